The molecule has 1 heterocycles. The van der Waals surface area contributed by atoms with Crippen molar-refractivity contribution in [3.63, 3.8) is 0 Å². The van der Waals surface area contributed by atoms with Gasteiger partial charge in [-0.25, -0.2) is 0 Å². The largest absolute Gasteiger partial charge is 0.371 e. The van der Waals surface area contributed by atoms with Gasteiger partial charge in [-0.15, -0.1) is 0 Å². The molecule has 9 atom stereocenters. The van der Waals surface area contributed by atoms with Crippen molar-refractivity contribution in [2.24, 2.45) is 45.3 Å². The molecule has 6 aliphatic rings. The molecule has 1 saturated heterocycles. The molecule has 4 saturated carbocycles. The van der Waals surface area contributed by atoms with Crippen LogP contribution in [0.25, 0.3) is 0 Å². The van der Waals surface area contributed by atoms with E-state index in [0.717, 1.165) is 23.7 Å². The van der Waals surface area contributed by atoms with Crippen molar-refractivity contribution in [2.45, 2.75) is 164 Å². The van der Waals surface area contributed by atoms with Gasteiger partial charge in [-0.1, -0.05) is 100 Å². The van der Waals surface area contributed by atoms with E-state index in [2.05, 4.69) is 61.5 Å². The quantitative estimate of drug-likeness (QED) is 0.351. The highest BCUT2D eigenvalue weighted by Gasteiger charge is 2.83. The summed E-state index contributed by atoms with van der Waals surface area (Å²) < 4.78 is 7.31. The lowest BCUT2D eigenvalue weighted by Crippen LogP contribution is -2.47. The number of hydrogen-bond acceptors (Lipinski definition) is 1. The van der Waals surface area contributed by atoms with E-state index in [1.54, 1.807) is 0 Å². The van der Waals surface area contributed by atoms with Gasteiger partial charge in [0, 0.05) is 5.41 Å². The molecular weight excluding hydrogens is 436 g/mol. The lowest BCUT2D eigenvalue weighted by molar-refractivity contribution is -0.134. The van der Waals surface area contributed by atoms with E-state index in [-0.39, 0.29) is 5.60 Å². The monoisotopic (exact) mass is 498 g/mol. The minimum absolute atomic E-state index is 0.169. The number of fused-ring (bicyclic) bond motifs is 5. The summed E-state index contributed by atoms with van der Waals surface area (Å²) in [7, 11) is 0. The Balaban J connectivity index is 0.000000569. The van der Waals surface area contributed by atoms with Crippen LogP contribution < -0.4 is 0 Å². The van der Waals surface area contributed by atoms with Gasteiger partial charge < -0.3 is 4.74 Å². The molecule has 1 aliphatic heterocycles. The van der Waals surface area contributed by atoms with Crippen LogP contribution in [0.2, 0.25) is 0 Å². The molecule has 0 amide bonds. The molecule has 6 rings (SSSR count). The van der Waals surface area contributed by atoms with Crippen molar-refractivity contribution in [3.8, 4) is 0 Å². The highest BCUT2D eigenvalue weighted by molar-refractivity contribution is 5.35. The molecule has 0 bridgehead atoms. The summed E-state index contributed by atoms with van der Waals surface area (Å²) in [6.07, 6.45) is 21.2. The maximum atomic E-state index is 7.31. The van der Waals surface area contributed by atoms with Crippen molar-refractivity contribution < 1.29 is 4.74 Å². The van der Waals surface area contributed by atoms with Crippen molar-refractivity contribution in [1.82, 2.24) is 0 Å². The second-order valence-electron chi connectivity index (χ2n) is 15.1. The molecule has 0 N–H and O–H groups in total. The second-order valence-corrected chi connectivity index (χ2v) is 15.1. The van der Waals surface area contributed by atoms with E-state index in [0.29, 0.717) is 27.8 Å². The molecule has 0 radical (unpaired) electrons. The number of allylic oxidation sites excluding steroid dienone is 2. The van der Waals surface area contributed by atoms with Gasteiger partial charge >= 0.3 is 0 Å². The first-order valence-electron chi connectivity index (χ1n) is 16.4. The minimum atomic E-state index is 0.169. The Morgan fingerprint density at radius 1 is 0.972 bits per heavy atom. The third-order valence-electron chi connectivity index (χ3n) is 12.7. The summed E-state index contributed by atoms with van der Waals surface area (Å²) in [6, 6.07) is 0. The van der Waals surface area contributed by atoms with E-state index >= 15 is 0 Å². The van der Waals surface area contributed by atoms with Crippen LogP contribution in [-0.4, -0.2) is 11.7 Å². The smallest absolute Gasteiger partial charge is 0.0751 e. The van der Waals surface area contributed by atoms with Crippen LogP contribution in [0.3, 0.4) is 0 Å². The van der Waals surface area contributed by atoms with Crippen LogP contribution >= 0.6 is 0 Å². The molecule has 5 fully saturated rings. The van der Waals surface area contributed by atoms with E-state index < -0.39 is 0 Å². The molecule has 0 aromatic rings. The Morgan fingerprint density at radius 3 is 2.33 bits per heavy atom. The van der Waals surface area contributed by atoms with Crippen LogP contribution in [0.5, 0.6) is 0 Å². The molecule has 1 heteroatoms. The highest BCUT2D eigenvalue weighted by Crippen LogP contribution is 2.87. The zero-order valence-corrected chi connectivity index (χ0v) is 26.1. The molecule has 0 aromatic heterocycles. The first kappa shape index (κ1) is 28.7. The topological polar surface area (TPSA) is 9.23 Å². The van der Waals surface area contributed by atoms with Gasteiger partial charge in [0.15, 0.2) is 0 Å². The zero-order chi connectivity index (χ0) is 26.6. The predicted molar refractivity (Wildman–Crippen MR) is 156 cm³/mol. The fourth-order valence-electron chi connectivity index (χ4n) is 10.6. The molecule has 0 aromatic carbocycles. The summed E-state index contributed by atoms with van der Waals surface area (Å²) in [5.41, 5.74) is 3.93. The summed E-state index contributed by atoms with van der Waals surface area (Å²) in [5.74, 6) is 3.68. The van der Waals surface area contributed by atoms with Gasteiger partial charge in [0.05, 0.1) is 11.7 Å². The van der Waals surface area contributed by atoms with Crippen LogP contribution in [0.15, 0.2) is 11.6 Å². The van der Waals surface area contributed by atoms with Crippen LogP contribution in [0, 0.1) is 45.3 Å². The van der Waals surface area contributed by atoms with Gasteiger partial charge in [-0.3, -0.25) is 0 Å². The van der Waals surface area contributed by atoms with Crippen LogP contribution in [-0.2, 0) is 4.74 Å². The second kappa shape index (κ2) is 10.0. The Bertz CT molecular complexity index is 809. The molecule has 36 heavy (non-hydrogen) atoms. The highest BCUT2D eigenvalue weighted by atomic mass is 16.5. The molecule has 208 valence electrons. The lowest BCUT2D eigenvalue weighted by atomic mass is 9.57. The lowest BCUT2D eigenvalue weighted by Gasteiger charge is -2.48. The van der Waals surface area contributed by atoms with Crippen molar-refractivity contribution in [1.29, 1.82) is 0 Å². The zero-order valence-electron chi connectivity index (χ0n) is 26.1. The fourth-order valence-corrected chi connectivity index (χ4v) is 10.6. The SMILES string of the molecule is CC.CCC.CCC(C)CC1OC2(CCC3C4CC=C5CCCCC5(C)C4CC34CC24C)CC1(C)C. The molecule has 1 nitrogen and oxygen atoms in total. The maximum Gasteiger partial charge on any atom is 0.0751 e. The molecule has 5 aliphatic carbocycles. The molecule has 2 spiro atoms. The van der Waals surface area contributed by atoms with Gasteiger partial charge in [0.2, 0.25) is 0 Å². The fraction of sp³-hybridized carbons (Fsp3) is 0.943. The van der Waals surface area contributed by atoms with Gasteiger partial charge in [0.1, 0.15) is 0 Å². The molecular formula is C35H62O. The van der Waals surface area contributed by atoms with E-state index in [9.17, 15) is 0 Å². The van der Waals surface area contributed by atoms with Gasteiger partial charge in [0.25, 0.3) is 0 Å². The van der Waals surface area contributed by atoms with Crippen molar-refractivity contribution >= 4 is 0 Å². The van der Waals surface area contributed by atoms with E-state index in [1.807, 2.05) is 19.4 Å². The average molecular weight is 499 g/mol. The number of rotatable bonds is 3. The van der Waals surface area contributed by atoms with E-state index in [1.165, 1.54) is 83.5 Å². The van der Waals surface area contributed by atoms with Crippen LogP contribution in [0.4, 0.5) is 0 Å². The van der Waals surface area contributed by atoms with Crippen molar-refractivity contribution in [3.05, 3.63) is 11.6 Å². The first-order valence-corrected chi connectivity index (χ1v) is 16.4. The summed E-state index contributed by atoms with van der Waals surface area (Å²) in [6.45, 7) is 23.4. The predicted octanol–water partition coefficient (Wildman–Crippen LogP) is 10.8. The normalized spacial score (nSPS) is 48.1. The Hall–Kier alpha value is -0.300. The summed E-state index contributed by atoms with van der Waals surface area (Å²) in [4.78, 5) is 0. The van der Waals surface area contributed by atoms with Crippen LogP contribution in [0.1, 0.15) is 153 Å². The van der Waals surface area contributed by atoms with Gasteiger partial charge in [-0.2, -0.15) is 0 Å². The van der Waals surface area contributed by atoms with E-state index in [4.69, 9.17) is 4.74 Å². The maximum absolute atomic E-state index is 7.31. The first-order chi connectivity index (χ1) is 17.0. The number of ether oxygens (including phenoxy) is 1. The van der Waals surface area contributed by atoms with Gasteiger partial charge in [-0.05, 0) is 104 Å². The minimum Gasteiger partial charge on any atom is -0.371 e. The Morgan fingerprint density at radius 2 is 1.67 bits per heavy atom. The summed E-state index contributed by atoms with van der Waals surface area (Å²) >= 11 is 0. The third kappa shape index (κ3) is 4.02. The Labute approximate surface area is 226 Å². The Kier molecular flexibility index (Phi) is 7.99. The number of hydrogen-bond donors (Lipinski definition) is 0. The van der Waals surface area contributed by atoms with Crippen molar-refractivity contribution in [2.75, 3.05) is 0 Å². The third-order valence-corrected chi connectivity index (χ3v) is 12.7. The molecule has 9 unspecified atom stereocenters. The summed E-state index contributed by atoms with van der Waals surface area (Å²) in [5, 5.41) is 0. The average Bonchev–Trinajstić information content (AvgIpc) is 3.21. The standard InChI is InChI=1S/C30H48O.C3H8.C2H6/c1-7-20(2)16-25-26(3,4)18-30(31-25)15-13-23-22-12-11-21-10-8-9-14-27(21,5)24(22)17-29(23)19-28(29,30)6;1-3-2;1-2/h11,20,22-25H,7-10,12-19H2,1-6H3;3H2,1-2H3;1-2H3.